The maximum absolute atomic E-state index is 13.3. The number of amides is 4. The van der Waals surface area contributed by atoms with Gasteiger partial charge in [-0.25, -0.2) is 19.6 Å². The lowest BCUT2D eigenvalue weighted by Crippen LogP contribution is -2.50. The Balaban J connectivity index is 1.27. The van der Waals surface area contributed by atoms with E-state index in [0.717, 1.165) is 50.5 Å². The van der Waals surface area contributed by atoms with Gasteiger partial charge in [-0.3, -0.25) is 9.59 Å². The third-order valence-corrected chi connectivity index (χ3v) is 10.9. The number of aromatic amines is 2. The van der Waals surface area contributed by atoms with Crippen LogP contribution in [0.1, 0.15) is 58.4 Å². The van der Waals surface area contributed by atoms with E-state index >= 15 is 0 Å². The standard InChI is InChI=1S/C42H53N8O6Si/c1-23(2)35(49-41(53)55-6)39(51)45-25(5)37-43-20-32(46-37)27-12-10-26(11-13-27)28-14-15-30-19-31(17-16-29(30)18-28)33-21-44-38(47-33)34(22-57(8)9)48-40(52)36(24(3)4)50-42(54)56-7/h10-21,23-25,34-36H,22H2,1-9H3,(H,43,46)(H,44,47)(H,45,51)(H,48,52)(H,49,53)(H,50,54)/t25-,34-,35-,36-/m0/s1. The van der Waals surface area contributed by atoms with Crippen LogP contribution in [0, 0.1) is 11.8 Å². The van der Waals surface area contributed by atoms with Gasteiger partial charge in [-0.1, -0.05) is 89.3 Å². The first kappa shape index (κ1) is 42.2. The zero-order chi connectivity index (χ0) is 41.4. The number of carbonyl (C=O) groups is 4. The van der Waals surface area contributed by atoms with Crippen molar-refractivity contribution >= 4 is 43.6 Å². The van der Waals surface area contributed by atoms with E-state index in [1.54, 1.807) is 12.4 Å². The maximum atomic E-state index is 13.3. The van der Waals surface area contributed by atoms with E-state index in [2.05, 4.69) is 108 Å². The number of imidazole rings is 2. The Kier molecular flexibility index (Phi) is 13.9. The van der Waals surface area contributed by atoms with Gasteiger partial charge in [-0.2, -0.15) is 0 Å². The molecule has 15 heteroatoms. The Morgan fingerprint density at radius 3 is 1.61 bits per heavy atom. The van der Waals surface area contributed by atoms with Crippen molar-refractivity contribution < 1.29 is 28.7 Å². The number of hydrogen-bond acceptors (Lipinski definition) is 8. The minimum absolute atomic E-state index is 0.139. The number of nitrogens with zero attached hydrogens (tertiary/aromatic N) is 2. The second-order valence-electron chi connectivity index (χ2n) is 15.1. The molecule has 57 heavy (non-hydrogen) atoms. The first-order chi connectivity index (χ1) is 27.2. The molecule has 4 amide bonds. The number of benzene rings is 3. The van der Waals surface area contributed by atoms with Gasteiger partial charge in [0.1, 0.15) is 23.7 Å². The summed E-state index contributed by atoms with van der Waals surface area (Å²) in [6.45, 7) is 13.6. The smallest absolute Gasteiger partial charge is 0.407 e. The van der Waals surface area contributed by atoms with Gasteiger partial charge in [-0.05, 0) is 64.4 Å². The molecule has 5 rings (SSSR count). The molecule has 0 fully saturated rings. The fourth-order valence-electron chi connectivity index (χ4n) is 6.50. The predicted octanol–water partition coefficient (Wildman–Crippen LogP) is 7.14. The van der Waals surface area contributed by atoms with E-state index in [1.165, 1.54) is 14.2 Å². The molecule has 301 valence electrons. The molecule has 4 atom stereocenters. The second-order valence-corrected chi connectivity index (χ2v) is 18.0. The summed E-state index contributed by atoms with van der Waals surface area (Å²) in [5.41, 5.74) is 5.71. The van der Waals surface area contributed by atoms with Crippen LogP contribution in [0.5, 0.6) is 0 Å². The molecule has 0 unspecified atom stereocenters. The summed E-state index contributed by atoms with van der Waals surface area (Å²) in [7, 11) is 1.78. The average Bonchev–Trinajstić information content (AvgIpc) is 3.89. The topological polar surface area (TPSA) is 192 Å². The molecule has 1 radical (unpaired) electrons. The van der Waals surface area contributed by atoms with Crippen molar-refractivity contribution in [2.45, 2.75) is 77.9 Å². The SMILES string of the molecule is COC(=O)N[C@H](C(=O)N[C@@H](C)c1ncc(-c2ccc(-c3ccc4cc(-c5cnc([C@H](C[Si](C)C)NC(=O)[C@@H](NC(=O)OC)C(C)C)[nH]5)ccc4c3)cc2)[nH]1)C(C)C. The number of nitrogens with one attached hydrogen (secondary N) is 6. The number of ether oxygens (including phenoxy) is 2. The molecule has 14 nitrogen and oxygen atoms in total. The van der Waals surface area contributed by atoms with E-state index in [1.807, 2.05) is 46.8 Å². The van der Waals surface area contributed by atoms with Gasteiger partial charge < -0.3 is 40.7 Å². The highest BCUT2D eigenvalue weighted by Gasteiger charge is 2.29. The van der Waals surface area contributed by atoms with Crippen LogP contribution in [-0.2, 0) is 19.1 Å². The van der Waals surface area contributed by atoms with Crippen molar-refractivity contribution in [2.75, 3.05) is 14.2 Å². The summed E-state index contributed by atoms with van der Waals surface area (Å²) in [5, 5.41) is 13.4. The number of aromatic nitrogens is 4. The summed E-state index contributed by atoms with van der Waals surface area (Å²) in [6.07, 6.45) is 2.22. The van der Waals surface area contributed by atoms with Crippen molar-refractivity contribution in [1.29, 1.82) is 0 Å². The van der Waals surface area contributed by atoms with Crippen LogP contribution in [0.25, 0.3) is 44.4 Å². The number of H-pyrrole nitrogens is 2. The number of methoxy groups -OCH3 is 2. The van der Waals surface area contributed by atoms with Gasteiger partial charge in [0.15, 0.2) is 0 Å². The van der Waals surface area contributed by atoms with E-state index in [4.69, 9.17) is 4.74 Å². The predicted molar refractivity (Wildman–Crippen MR) is 223 cm³/mol. The molecule has 0 bridgehead atoms. The Bertz CT molecular complexity index is 2180. The van der Waals surface area contributed by atoms with Gasteiger partial charge in [0.25, 0.3) is 0 Å². The van der Waals surface area contributed by atoms with Gasteiger partial charge >= 0.3 is 12.2 Å². The highest BCUT2D eigenvalue weighted by molar-refractivity contribution is 6.55. The first-order valence-corrected chi connectivity index (χ1v) is 21.7. The third-order valence-electron chi connectivity index (χ3n) is 9.72. The number of carbonyl (C=O) groups excluding carboxylic acids is 4. The second kappa shape index (κ2) is 18.8. The van der Waals surface area contributed by atoms with Crippen molar-refractivity contribution in [3.63, 3.8) is 0 Å². The van der Waals surface area contributed by atoms with Crippen molar-refractivity contribution in [3.05, 3.63) is 84.7 Å². The molecule has 5 aromatic rings. The molecule has 0 aliphatic heterocycles. The molecule has 0 saturated carbocycles. The fraction of sp³-hybridized carbons (Fsp3) is 0.381. The zero-order valence-electron chi connectivity index (χ0n) is 33.9. The van der Waals surface area contributed by atoms with Crippen LogP contribution >= 0.6 is 0 Å². The molecule has 6 N–H and O–H groups in total. The van der Waals surface area contributed by atoms with Crippen LogP contribution in [0.4, 0.5) is 9.59 Å². The summed E-state index contributed by atoms with van der Waals surface area (Å²) < 4.78 is 9.40. The first-order valence-electron chi connectivity index (χ1n) is 19.0. The lowest BCUT2D eigenvalue weighted by atomic mass is 9.98. The van der Waals surface area contributed by atoms with Gasteiger partial charge in [0, 0.05) is 14.4 Å². The third kappa shape index (κ3) is 10.7. The van der Waals surface area contributed by atoms with Crippen molar-refractivity contribution in [3.8, 4) is 33.6 Å². The van der Waals surface area contributed by atoms with E-state index in [9.17, 15) is 19.2 Å². The number of fused-ring (bicyclic) bond motifs is 1. The molecule has 0 aliphatic rings. The zero-order valence-corrected chi connectivity index (χ0v) is 34.9. The quantitative estimate of drug-likeness (QED) is 0.0603. The fourth-order valence-corrected chi connectivity index (χ4v) is 7.61. The summed E-state index contributed by atoms with van der Waals surface area (Å²) in [6, 6.07) is 19.3. The van der Waals surface area contributed by atoms with E-state index < -0.39 is 39.1 Å². The Hall–Kier alpha value is -5.96. The molecular weight excluding hydrogens is 741 g/mol. The summed E-state index contributed by atoms with van der Waals surface area (Å²) in [4.78, 5) is 65.8. The Labute approximate surface area is 334 Å². The normalized spacial score (nSPS) is 13.5. The lowest BCUT2D eigenvalue weighted by molar-refractivity contribution is -0.125. The molecule has 0 spiro atoms. The minimum atomic E-state index is -0.755. The molecule has 0 aliphatic carbocycles. The Morgan fingerprint density at radius 2 is 1.07 bits per heavy atom. The number of hydrogen-bond donors (Lipinski definition) is 6. The summed E-state index contributed by atoms with van der Waals surface area (Å²) >= 11 is 0. The summed E-state index contributed by atoms with van der Waals surface area (Å²) in [5.74, 6) is 0.375. The van der Waals surface area contributed by atoms with Gasteiger partial charge in [0.05, 0.1) is 50.1 Å². The van der Waals surface area contributed by atoms with Crippen molar-refractivity contribution in [1.82, 2.24) is 41.2 Å². The van der Waals surface area contributed by atoms with Crippen LogP contribution in [0.3, 0.4) is 0 Å². The van der Waals surface area contributed by atoms with Crippen LogP contribution in [-0.4, -0.2) is 79.0 Å². The number of rotatable bonds is 15. The highest BCUT2D eigenvalue weighted by atomic mass is 28.3. The minimum Gasteiger partial charge on any atom is -0.453 e. The van der Waals surface area contributed by atoms with E-state index in [-0.39, 0.29) is 29.7 Å². The largest absolute Gasteiger partial charge is 0.453 e. The highest BCUT2D eigenvalue weighted by Crippen LogP contribution is 2.30. The van der Waals surface area contributed by atoms with E-state index in [0.29, 0.717) is 11.6 Å². The monoisotopic (exact) mass is 793 g/mol. The van der Waals surface area contributed by atoms with Crippen molar-refractivity contribution in [2.24, 2.45) is 11.8 Å². The van der Waals surface area contributed by atoms with Crippen LogP contribution in [0.2, 0.25) is 19.1 Å². The Morgan fingerprint density at radius 1 is 0.614 bits per heavy atom. The molecular formula is C42H53N8O6Si. The van der Waals surface area contributed by atoms with Gasteiger partial charge in [0.2, 0.25) is 11.8 Å². The molecule has 2 aromatic heterocycles. The number of alkyl carbamates (subject to hydrolysis) is 2. The molecule has 3 aromatic carbocycles. The van der Waals surface area contributed by atoms with Gasteiger partial charge in [-0.15, -0.1) is 0 Å². The average molecular weight is 794 g/mol. The maximum Gasteiger partial charge on any atom is 0.407 e. The van der Waals surface area contributed by atoms with Crippen LogP contribution < -0.4 is 21.3 Å². The molecule has 0 saturated heterocycles. The molecule has 2 heterocycles. The van der Waals surface area contributed by atoms with Crippen LogP contribution in [0.15, 0.2) is 73.1 Å². The lowest BCUT2D eigenvalue weighted by Gasteiger charge is -2.25.